The number of rotatable bonds is 7. The van der Waals surface area contributed by atoms with Gasteiger partial charge in [0.25, 0.3) is 0 Å². The molecule has 0 aliphatic carbocycles. The maximum Gasteiger partial charge on any atom is 0.144 e. The second-order valence-electron chi connectivity index (χ2n) is 4.94. The summed E-state index contributed by atoms with van der Waals surface area (Å²) in [4.78, 5) is 2.00. The number of halogens is 3. The molecule has 0 spiro atoms. The highest BCUT2D eigenvalue weighted by molar-refractivity contribution is 9.10. The normalized spacial score (nSPS) is 11.6. The molecule has 0 aromatic heterocycles. The molecule has 1 aromatic rings. The highest BCUT2D eigenvalue weighted by Crippen LogP contribution is 2.23. The van der Waals surface area contributed by atoms with Crippen molar-refractivity contribution in [2.45, 2.75) is 20.4 Å². The number of ether oxygens (including phenoxy) is 1. The van der Waals surface area contributed by atoms with E-state index in [0.717, 1.165) is 6.54 Å². The number of methoxy groups -OCH3 is 1. The van der Waals surface area contributed by atoms with E-state index in [4.69, 9.17) is 4.74 Å². The Morgan fingerprint density at radius 2 is 2.00 bits per heavy atom. The maximum absolute atomic E-state index is 13.9. The molecule has 0 fully saturated rings. The van der Waals surface area contributed by atoms with Gasteiger partial charge in [0.1, 0.15) is 11.6 Å². The van der Waals surface area contributed by atoms with Crippen molar-refractivity contribution in [2.75, 3.05) is 26.8 Å². The molecular formula is C14H20BrF2NO. The van der Waals surface area contributed by atoms with E-state index in [-0.39, 0.29) is 12.1 Å². The fourth-order valence-corrected chi connectivity index (χ4v) is 2.28. The van der Waals surface area contributed by atoms with Crippen LogP contribution in [0.25, 0.3) is 0 Å². The van der Waals surface area contributed by atoms with Crippen LogP contribution in [0, 0.1) is 17.6 Å². The van der Waals surface area contributed by atoms with Gasteiger partial charge in [0.15, 0.2) is 0 Å². The van der Waals surface area contributed by atoms with Crippen LogP contribution in [0.3, 0.4) is 0 Å². The molecule has 5 heteroatoms. The summed E-state index contributed by atoms with van der Waals surface area (Å²) in [5.74, 6) is -0.604. The van der Waals surface area contributed by atoms with Gasteiger partial charge >= 0.3 is 0 Å². The first-order valence-corrected chi connectivity index (χ1v) is 7.08. The molecular weight excluding hydrogens is 316 g/mol. The van der Waals surface area contributed by atoms with Crippen molar-refractivity contribution in [3.63, 3.8) is 0 Å². The molecule has 1 aromatic carbocycles. The van der Waals surface area contributed by atoms with Gasteiger partial charge in [-0.05, 0) is 34.0 Å². The fourth-order valence-electron chi connectivity index (χ4n) is 1.91. The average Bonchev–Trinajstić information content (AvgIpc) is 2.35. The predicted molar refractivity (Wildman–Crippen MR) is 76.0 cm³/mol. The third kappa shape index (κ3) is 5.16. The molecule has 2 nitrogen and oxygen atoms in total. The second-order valence-corrected chi connectivity index (χ2v) is 5.80. The lowest BCUT2D eigenvalue weighted by molar-refractivity contribution is 0.134. The van der Waals surface area contributed by atoms with Gasteiger partial charge in [-0.25, -0.2) is 8.78 Å². The lowest BCUT2D eigenvalue weighted by atomic mass is 10.1. The quantitative estimate of drug-likeness (QED) is 0.702. The van der Waals surface area contributed by atoms with Gasteiger partial charge in [-0.2, -0.15) is 0 Å². The molecule has 0 bridgehead atoms. The van der Waals surface area contributed by atoms with Crippen LogP contribution in [0.5, 0.6) is 0 Å². The van der Waals surface area contributed by atoms with Crippen molar-refractivity contribution in [3.8, 4) is 0 Å². The average molecular weight is 336 g/mol. The van der Waals surface area contributed by atoms with Crippen molar-refractivity contribution in [1.82, 2.24) is 4.90 Å². The van der Waals surface area contributed by atoms with Crippen LogP contribution in [0.4, 0.5) is 8.78 Å². The van der Waals surface area contributed by atoms with E-state index in [2.05, 4.69) is 29.8 Å². The largest absolute Gasteiger partial charge is 0.383 e. The van der Waals surface area contributed by atoms with E-state index in [1.807, 2.05) is 4.90 Å². The molecule has 19 heavy (non-hydrogen) atoms. The zero-order chi connectivity index (χ0) is 14.4. The molecule has 0 N–H and O–H groups in total. The lowest BCUT2D eigenvalue weighted by Crippen LogP contribution is -2.31. The Bertz CT molecular complexity index is 413. The van der Waals surface area contributed by atoms with Gasteiger partial charge in [0.05, 0.1) is 11.1 Å². The first-order valence-electron chi connectivity index (χ1n) is 6.29. The fraction of sp³-hybridized carbons (Fsp3) is 0.571. The third-order valence-electron chi connectivity index (χ3n) is 2.76. The summed E-state index contributed by atoms with van der Waals surface area (Å²) in [7, 11) is 1.62. The Morgan fingerprint density at radius 3 is 2.58 bits per heavy atom. The second kappa shape index (κ2) is 7.92. The minimum Gasteiger partial charge on any atom is -0.383 e. The first kappa shape index (κ1) is 16.5. The molecule has 0 aliphatic rings. The van der Waals surface area contributed by atoms with E-state index in [1.54, 1.807) is 7.11 Å². The summed E-state index contributed by atoms with van der Waals surface area (Å²) in [5, 5.41) is 0. The molecule has 0 saturated carbocycles. The Kier molecular flexibility index (Phi) is 6.89. The zero-order valence-corrected chi connectivity index (χ0v) is 13.1. The van der Waals surface area contributed by atoms with Crippen molar-refractivity contribution < 1.29 is 13.5 Å². The SMILES string of the molecule is COCCN(Cc1c(F)ccc(Br)c1F)CC(C)C. The monoisotopic (exact) mass is 335 g/mol. The number of hydrogen-bond acceptors (Lipinski definition) is 2. The third-order valence-corrected chi connectivity index (χ3v) is 3.37. The highest BCUT2D eigenvalue weighted by Gasteiger charge is 2.16. The Morgan fingerprint density at radius 1 is 1.32 bits per heavy atom. The van der Waals surface area contributed by atoms with Gasteiger partial charge in [0, 0.05) is 32.3 Å². The van der Waals surface area contributed by atoms with Gasteiger partial charge < -0.3 is 4.74 Å². The zero-order valence-electron chi connectivity index (χ0n) is 11.5. The van der Waals surface area contributed by atoms with Crippen LogP contribution >= 0.6 is 15.9 Å². The smallest absolute Gasteiger partial charge is 0.144 e. The summed E-state index contributed by atoms with van der Waals surface area (Å²) in [6, 6.07) is 2.67. The molecule has 0 unspecified atom stereocenters. The predicted octanol–water partition coefficient (Wildman–Crippen LogP) is 3.83. The molecule has 108 valence electrons. The van der Waals surface area contributed by atoms with Gasteiger partial charge in [-0.3, -0.25) is 4.90 Å². The number of nitrogens with zero attached hydrogens (tertiary/aromatic N) is 1. The molecule has 0 heterocycles. The lowest BCUT2D eigenvalue weighted by Gasteiger charge is -2.24. The van der Waals surface area contributed by atoms with E-state index in [0.29, 0.717) is 23.5 Å². The Balaban J connectivity index is 2.85. The number of hydrogen-bond donors (Lipinski definition) is 0. The summed E-state index contributed by atoms with van der Waals surface area (Å²) in [6.45, 7) is 6.37. The van der Waals surface area contributed by atoms with Gasteiger partial charge in [-0.1, -0.05) is 13.8 Å². The van der Waals surface area contributed by atoms with Crippen molar-refractivity contribution in [3.05, 3.63) is 33.8 Å². The molecule has 0 aliphatic heterocycles. The molecule has 1 rings (SSSR count). The minimum absolute atomic E-state index is 0.103. The van der Waals surface area contributed by atoms with Crippen LogP contribution in [-0.2, 0) is 11.3 Å². The molecule has 0 radical (unpaired) electrons. The Labute approximate surface area is 121 Å². The summed E-state index contributed by atoms with van der Waals surface area (Å²) < 4.78 is 33.0. The van der Waals surface area contributed by atoms with Crippen LogP contribution < -0.4 is 0 Å². The van der Waals surface area contributed by atoms with Gasteiger partial charge in [0.2, 0.25) is 0 Å². The van der Waals surface area contributed by atoms with Crippen molar-refractivity contribution >= 4 is 15.9 Å². The minimum atomic E-state index is -0.522. The Hall–Kier alpha value is -0.520. The molecule has 0 atom stereocenters. The van der Waals surface area contributed by atoms with Crippen LogP contribution in [0.1, 0.15) is 19.4 Å². The van der Waals surface area contributed by atoms with E-state index < -0.39 is 11.6 Å². The van der Waals surface area contributed by atoms with Crippen LogP contribution in [0.2, 0.25) is 0 Å². The summed E-state index contributed by atoms with van der Waals surface area (Å²) in [6.07, 6.45) is 0. The topological polar surface area (TPSA) is 12.5 Å². The van der Waals surface area contributed by atoms with E-state index in [1.165, 1.54) is 12.1 Å². The van der Waals surface area contributed by atoms with E-state index >= 15 is 0 Å². The molecule has 0 saturated heterocycles. The maximum atomic E-state index is 13.9. The van der Waals surface area contributed by atoms with E-state index in [9.17, 15) is 8.78 Å². The summed E-state index contributed by atoms with van der Waals surface area (Å²) >= 11 is 3.09. The summed E-state index contributed by atoms with van der Waals surface area (Å²) in [5.41, 5.74) is 0.103. The molecule has 0 amide bonds. The van der Waals surface area contributed by atoms with Crippen molar-refractivity contribution in [1.29, 1.82) is 0 Å². The highest BCUT2D eigenvalue weighted by atomic mass is 79.9. The number of benzene rings is 1. The van der Waals surface area contributed by atoms with Crippen LogP contribution in [-0.4, -0.2) is 31.7 Å². The van der Waals surface area contributed by atoms with Crippen molar-refractivity contribution in [2.24, 2.45) is 5.92 Å². The van der Waals surface area contributed by atoms with Gasteiger partial charge in [-0.15, -0.1) is 0 Å². The van der Waals surface area contributed by atoms with Crippen LogP contribution in [0.15, 0.2) is 16.6 Å². The standard InChI is InChI=1S/C14H20BrF2NO/c1-10(2)8-18(6-7-19-3)9-11-13(16)5-4-12(15)14(11)17/h4-5,10H,6-9H2,1-3H3. The first-order chi connectivity index (χ1) is 8.95.